The van der Waals surface area contributed by atoms with E-state index in [1.165, 1.54) is 18.6 Å². The average molecular weight is 214 g/mol. The molecule has 1 saturated heterocycles. The Morgan fingerprint density at radius 2 is 2.07 bits per heavy atom. The second kappa shape index (κ2) is 5.79. The van der Waals surface area contributed by atoms with Gasteiger partial charge in [-0.05, 0) is 37.4 Å². The first-order valence-electron chi connectivity index (χ1n) is 5.72. The predicted molar refractivity (Wildman–Crippen MR) is 63.7 cm³/mol. The smallest absolute Gasteiger partial charge is 0.129 e. The Kier molecular flexibility index (Phi) is 5.00. The first-order valence-corrected chi connectivity index (χ1v) is 6.77. The van der Waals surface area contributed by atoms with E-state index in [-0.39, 0.29) is 0 Å². The Labute approximate surface area is 92.0 Å². The zero-order valence-corrected chi connectivity index (χ0v) is 10.4. The highest BCUT2D eigenvalue weighted by molar-refractivity contribution is 8.00. The van der Waals surface area contributed by atoms with Crippen LogP contribution in [0.4, 0.5) is 0 Å². The summed E-state index contributed by atoms with van der Waals surface area (Å²) in [5.41, 5.74) is 0. The Morgan fingerprint density at radius 3 is 2.57 bits per heavy atom. The Bertz CT molecular complexity index is 191. The van der Waals surface area contributed by atoms with Crippen LogP contribution in [0.3, 0.4) is 0 Å². The molecular weight excluding hydrogens is 192 g/mol. The molecule has 1 aliphatic rings. The standard InChI is InChI=1S/C12H22OS/c1-9-8-14-12(11(9)3)7-5-4-6-10(2)13/h9,11-12H,4-8H2,1-3H3/t9-,11-,12-/m0/s1. The fraction of sp³-hybridized carbons (Fsp3) is 0.917. The number of hydrogen-bond acceptors (Lipinski definition) is 2. The highest BCUT2D eigenvalue weighted by Crippen LogP contribution is 2.39. The van der Waals surface area contributed by atoms with Crippen LogP contribution in [0.2, 0.25) is 0 Å². The number of ketones is 1. The molecule has 0 N–H and O–H groups in total. The molecule has 1 nitrogen and oxygen atoms in total. The van der Waals surface area contributed by atoms with Crippen molar-refractivity contribution >= 4 is 17.5 Å². The lowest BCUT2D eigenvalue weighted by Crippen LogP contribution is -2.13. The summed E-state index contributed by atoms with van der Waals surface area (Å²) in [6, 6.07) is 0. The third kappa shape index (κ3) is 3.64. The van der Waals surface area contributed by atoms with Crippen LogP contribution in [-0.4, -0.2) is 16.8 Å². The molecule has 14 heavy (non-hydrogen) atoms. The van der Waals surface area contributed by atoms with E-state index >= 15 is 0 Å². The minimum atomic E-state index is 0.338. The summed E-state index contributed by atoms with van der Waals surface area (Å²) in [4.78, 5) is 10.8. The molecule has 82 valence electrons. The van der Waals surface area contributed by atoms with Crippen molar-refractivity contribution in [2.24, 2.45) is 11.8 Å². The van der Waals surface area contributed by atoms with E-state index in [1.54, 1.807) is 6.92 Å². The fourth-order valence-corrected chi connectivity index (χ4v) is 3.77. The maximum Gasteiger partial charge on any atom is 0.129 e. The molecule has 1 rings (SSSR count). The van der Waals surface area contributed by atoms with Crippen LogP contribution in [0.5, 0.6) is 0 Å². The van der Waals surface area contributed by atoms with Crippen molar-refractivity contribution in [2.45, 2.75) is 51.7 Å². The van der Waals surface area contributed by atoms with Crippen LogP contribution in [-0.2, 0) is 4.79 Å². The van der Waals surface area contributed by atoms with Gasteiger partial charge in [0, 0.05) is 11.7 Å². The van der Waals surface area contributed by atoms with E-state index in [2.05, 4.69) is 25.6 Å². The van der Waals surface area contributed by atoms with Crippen LogP contribution >= 0.6 is 11.8 Å². The van der Waals surface area contributed by atoms with Crippen molar-refractivity contribution in [3.63, 3.8) is 0 Å². The Hall–Kier alpha value is 0.0200. The molecule has 0 radical (unpaired) electrons. The second-order valence-corrected chi connectivity index (χ2v) is 5.93. The van der Waals surface area contributed by atoms with Gasteiger partial charge in [-0.25, -0.2) is 0 Å². The lowest BCUT2D eigenvalue weighted by Gasteiger charge is -2.16. The van der Waals surface area contributed by atoms with Gasteiger partial charge < -0.3 is 4.79 Å². The van der Waals surface area contributed by atoms with Gasteiger partial charge in [0.1, 0.15) is 5.78 Å². The van der Waals surface area contributed by atoms with Crippen molar-refractivity contribution in [3.8, 4) is 0 Å². The molecule has 0 amide bonds. The highest BCUT2D eigenvalue weighted by Gasteiger charge is 2.29. The summed E-state index contributed by atoms with van der Waals surface area (Å²) >= 11 is 2.13. The first kappa shape index (κ1) is 12.1. The van der Waals surface area contributed by atoms with Gasteiger partial charge in [-0.15, -0.1) is 0 Å². The van der Waals surface area contributed by atoms with E-state index in [4.69, 9.17) is 0 Å². The monoisotopic (exact) mass is 214 g/mol. The van der Waals surface area contributed by atoms with Gasteiger partial charge in [-0.3, -0.25) is 0 Å². The van der Waals surface area contributed by atoms with Gasteiger partial charge in [0.15, 0.2) is 0 Å². The van der Waals surface area contributed by atoms with Gasteiger partial charge >= 0.3 is 0 Å². The topological polar surface area (TPSA) is 17.1 Å². The molecule has 3 atom stereocenters. The number of unbranched alkanes of at least 4 members (excludes halogenated alkanes) is 1. The van der Waals surface area contributed by atoms with E-state index in [0.717, 1.165) is 29.9 Å². The van der Waals surface area contributed by atoms with Gasteiger partial charge in [-0.1, -0.05) is 20.3 Å². The van der Waals surface area contributed by atoms with E-state index < -0.39 is 0 Å². The van der Waals surface area contributed by atoms with Crippen LogP contribution in [0.25, 0.3) is 0 Å². The Balaban J connectivity index is 2.10. The summed E-state index contributed by atoms with van der Waals surface area (Å²) in [5, 5.41) is 0.858. The molecule has 0 aromatic carbocycles. The molecular formula is C12H22OS. The number of hydrogen-bond donors (Lipinski definition) is 0. The number of Topliss-reactive ketones (excluding diaryl/α,β-unsaturated/α-hetero) is 1. The van der Waals surface area contributed by atoms with E-state index in [1.807, 2.05) is 0 Å². The molecule has 0 aromatic heterocycles. The summed E-state index contributed by atoms with van der Waals surface area (Å²) in [5.74, 6) is 3.43. The number of rotatable bonds is 5. The van der Waals surface area contributed by atoms with E-state index in [9.17, 15) is 4.79 Å². The SMILES string of the molecule is CC(=O)CCCC[C@@H]1SC[C@H](C)[C@@H]1C. The molecule has 0 unspecified atom stereocenters. The highest BCUT2D eigenvalue weighted by atomic mass is 32.2. The lowest BCUT2D eigenvalue weighted by atomic mass is 9.92. The third-order valence-electron chi connectivity index (χ3n) is 3.32. The Morgan fingerprint density at radius 1 is 1.36 bits per heavy atom. The largest absolute Gasteiger partial charge is 0.300 e. The zero-order valence-electron chi connectivity index (χ0n) is 9.58. The molecule has 0 aromatic rings. The van der Waals surface area contributed by atoms with Crippen LogP contribution < -0.4 is 0 Å². The van der Waals surface area contributed by atoms with Gasteiger partial charge in [-0.2, -0.15) is 11.8 Å². The quantitative estimate of drug-likeness (QED) is 0.651. The van der Waals surface area contributed by atoms with Crippen LogP contribution in [0, 0.1) is 11.8 Å². The summed E-state index contributed by atoms with van der Waals surface area (Å²) < 4.78 is 0. The number of carbonyl (C=O) groups excluding carboxylic acids is 1. The summed E-state index contributed by atoms with van der Waals surface area (Å²) in [7, 11) is 0. The lowest BCUT2D eigenvalue weighted by molar-refractivity contribution is -0.117. The van der Waals surface area contributed by atoms with E-state index in [0.29, 0.717) is 5.78 Å². The van der Waals surface area contributed by atoms with Crippen molar-refractivity contribution in [1.29, 1.82) is 0 Å². The normalized spacial score (nSPS) is 32.1. The van der Waals surface area contributed by atoms with Crippen molar-refractivity contribution in [1.82, 2.24) is 0 Å². The van der Waals surface area contributed by atoms with Crippen molar-refractivity contribution in [2.75, 3.05) is 5.75 Å². The van der Waals surface area contributed by atoms with Gasteiger partial charge in [0.25, 0.3) is 0 Å². The zero-order chi connectivity index (χ0) is 10.6. The first-order chi connectivity index (χ1) is 6.61. The van der Waals surface area contributed by atoms with Gasteiger partial charge in [0.2, 0.25) is 0 Å². The minimum Gasteiger partial charge on any atom is -0.300 e. The van der Waals surface area contributed by atoms with Gasteiger partial charge in [0.05, 0.1) is 0 Å². The minimum absolute atomic E-state index is 0.338. The number of carbonyl (C=O) groups is 1. The molecule has 0 bridgehead atoms. The molecule has 1 aliphatic heterocycles. The maximum atomic E-state index is 10.8. The van der Waals surface area contributed by atoms with Crippen LogP contribution in [0.1, 0.15) is 46.5 Å². The molecule has 2 heteroatoms. The average Bonchev–Trinajstić information content (AvgIpc) is 2.43. The molecule has 0 saturated carbocycles. The third-order valence-corrected chi connectivity index (χ3v) is 5.14. The predicted octanol–water partition coefficient (Wildman–Crippen LogP) is 3.52. The number of thioether (sulfide) groups is 1. The second-order valence-electron chi connectivity index (χ2n) is 4.66. The molecule has 1 heterocycles. The molecule has 1 fully saturated rings. The molecule has 0 spiro atoms. The fourth-order valence-electron chi connectivity index (χ4n) is 2.01. The molecule has 0 aliphatic carbocycles. The van der Waals surface area contributed by atoms with Crippen LogP contribution in [0.15, 0.2) is 0 Å². The van der Waals surface area contributed by atoms with Crippen molar-refractivity contribution < 1.29 is 4.79 Å². The van der Waals surface area contributed by atoms with Crippen molar-refractivity contribution in [3.05, 3.63) is 0 Å². The summed E-state index contributed by atoms with van der Waals surface area (Å²) in [6.07, 6.45) is 4.41. The summed E-state index contributed by atoms with van der Waals surface area (Å²) in [6.45, 7) is 6.42. The maximum absolute atomic E-state index is 10.8.